The Labute approximate surface area is 215 Å². The van der Waals surface area contributed by atoms with E-state index in [-0.39, 0.29) is 18.4 Å². The number of carbonyl (C=O) groups excluding carboxylic acids is 1. The molecule has 6 nitrogen and oxygen atoms in total. The van der Waals surface area contributed by atoms with E-state index in [1.54, 1.807) is 0 Å². The van der Waals surface area contributed by atoms with Gasteiger partial charge in [-0.1, -0.05) is 31.5 Å². The van der Waals surface area contributed by atoms with Crippen molar-refractivity contribution in [2.75, 3.05) is 19.7 Å². The Balaban J connectivity index is 1.30. The highest BCUT2D eigenvalue weighted by atomic mass is 19.4. The molecule has 1 aliphatic heterocycles. The number of likely N-dealkylation sites (tertiary alicyclic amines) is 1. The van der Waals surface area contributed by atoms with Crippen LogP contribution in [0.3, 0.4) is 0 Å². The Hall–Kier alpha value is -3.23. The number of alkyl halides is 3. The minimum atomic E-state index is -4.42. The van der Waals surface area contributed by atoms with Crippen molar-refractivity contribution in [1.82, 2.24) is 14.9 Å². The quantitative estimate of drug-likeness (QED) is 0.291. The molecule has 0 aliphatic carbocycles. The molecule has 1 unspecified atom stereocenters. The van der Waals surface area contributed by atoms with Crippen LogP contribution in [0, 0.1) is 5.92 Å². The number of ether oxygens (including phenoxy) is 2. The topological polar surface area (TPSA) is 67.5 Å². The summed E-state index contributed by atoms with van der Waals surface area (Å²) in [6.07, 6.45) is 2.24. The second kappa shape index (κ2) is 12.3. The SMILES string of the molecule is CCCCOC(=O)N1CCCC(CCCc2cccc3[nH]c(COc4cccc(C(F)(F)F)c4)nc23)C1. The van der Waals surface area contributed by atoms with Gasteiger partial charge >= 0.3 is 12.3 Å². The minimum absolute atomic E-state index is 0.0433. The highest BCUT2D eigenvalue weighted by Crippen LogP contribution is 2.31. The maximum absolute atomic E-state index is 13.0. The number of aromatic amines is 1. The first kappa shape index (κ1) is 26.8. The first-order valence-corrected chi connectivity index (χ1v) is 13.0. The Kier molecular flexibility index (Phi) is 8.95. The molecule has 0 saturated carbocycles. The largest absolute Gasteiger partial charge is 0.486 e. The standard InChI is InChI=1S/C28H34F3N3O3/c1-2-3-16-36-27(35)34-15-7-9-20(18-34)8-4-10-21-11-5-14-24-26(21)33-25(32-24)19-37-23-13-6-12-22(17-23)28(29,30)31/h5-6,11-14,17,20H,2-4,7-10,15-16,18-19H2,1H3,(H,32,33). The van der Waals surface area contributed by atoms with E-state index in [0.29, 0.717) is 18.3 Å². The van der Waals surface area contributed by atoms with Crippen LogP contribution in [0.4, 0.5) is 18.0 Å². The summed E-state index contributed by atoms with van der Waals surface area (Å²) in [6, 6.07) is 10.8. The average molecular weight is 518 g/mol. The molecule has 3 aromatic rings. The number of hydrogen-bond donors (Lipinski definition) is 1. The first-order chi connectivity index (χ1) is 17.8. The van der Waals surface area contributed by atoms with Crippen molar-refractivity contribution in [3.63, 3.8) is 0 Å². The van der Waals surface area contributed by atoms with Gasteiger partial charge in [-0.25, -0.2) is 9.78 Å². The van der Waals surface area contributed by atoms with Crippen molar-refractivity contribution in [2.45, 2.75) is 64.7 Å². The van der Waals surface area contributed by atoms with E-state index in [9.17, 15) is 18.0 Å². The third-order valence-electron chi connectivity index (χ3n) is 6.74. The van der Waals surface area contributed by atoms with Crippen molar-refractivity contribution in [3.05, 3.63) is 59.4 Å². The molecule has 1 atom stereocenters. The Morgan fingerprint density at radius 3 is 2.84 bits per heavy atom. The summed E-state index contributed by atoms with van der Waals surface area (Å²) in [7, 11) is 0. The minimum Gasteiger partial charge on any atom is -0.486 e. The number of H-pyrrole nitrogens is 1. The number of hydrogen-bond acceptors (Lipinski definition) is 4. The van der Waals surface area contributed by atoms with Crippen LogP contribution in [-0.4, -0.2) is 40.7 Å². The zero-order valence-electron chi connectivity index (χ0n) is 21.2. The number of carbonyl (C=O) groups is 1. The zero-order chi connectivity index (χ0) is 26.3. The Bertz CT molecular complexity index is 1180. The van der Waals surface area contributed by atoms with E-state index in [4.69, 9.17) is 9.47 Å². The van der Waals surface area contributed by atoms with Gasteiger partial charge in [-0.2, -0.15) is 13.2 Å². The lowest BCUT2D eigenvalue weighted by molar-refractivity contribution is -0.137. The van der Waals surface area contributed by atoms with Crippen LogP contribution in [0.5, 0.6) is 5.75 Å². The van der Waals surface area contributed by atoms with E-state index in [1.165, 1.54) is 12.1 Å². The number of fused-ring (bicyclic) bond motifs is 1. The van der Waals surface area contributed by atoms with E-state index >= 15 is 0 Å². The van der Waals surface area contributed by atoms with Gasteiger partial charge in [-0.3, -0.25) is 0 Å². The van der Waals surface area contributed by atoms with Gasteiger partial charge in [0, 0.05) is 13.1 Å². The molecule has 4 rings (SSSR count). The van der Waals surface area contributed by atoms with Gasteiger partial charge in [-0.15, -0.1) is 0 Å². The maximum atomic E-state index is 13.0. The van der Waals surface area contributed by atoms with Gasteiger partial charge in [0.2, 0.25) is 0 Å². The van der Waals surface area contributed by atoms with Crippen molar-refractivity contribution in [2.24, 2.45) is 5.92 Å². The number of rotatable bonds is 10. The number of imidazole rings is 1. The summed E-state index contributed by atoms with van der Waals surface area (Å²) in [5, 5.41) is 0. The van der Waals surface area contributed by atoms with Crippen molar-refractivity contribution >= 4 is 17.1 Å². The fourth-order valence-corrected chi connectivity index (χ4v) is 4.77. The number of halogens is 3. The molecule has 2 heterocycles. The Morgan fingerprint density at radius 1 is 1.19 bits per heavy atom. The summed E-state index contributed by atoms with van der Waals surface area (Å²) in [5.41, 5.74) is 2.10. The predicted molar refractivity (Wildman–Crippen MR) is 135 cm³/mol. The maximum Gasteiger partial charge on any atom is 0.416 e. The van der Waals surface area contributed by atoms with Gasteiger partial charge in [-0.05, 0) is 74.3 Å². The second-order valence-corrected chi connectivity index (χ2v) is 9.63. The number of para-hydroxylation sites is 1. The van der Waals surface area contributed by atoms with Crippen molar-refractivity contribution in [1.29, 1.82) is 0 Å². The van der Waals surface area contributed by atoms with E-state index < -0.39 is 11.7 Å². The average Bonchev–Trinajstić information content (AvgIpc) is 3.31. The van der Waals surface area contributed by atoms with Gasteiger partial charge in [0.15, 0.2) is 0 Å². The van der Waals surface area contributed by atoms with E-state index in [2.05, 4.69) is 23.0 Å². The van der Waals surface area contributed by atoms with Crippen LogP contribution in [0.25, 0.3) is 11.0 Å². The summed E-state index contributed by atoms with van der Waals surface area (Å²) < 4.78 is 49.8. The molecular formula is C28H34F3N3O3. The van der Waals surface area contributed by atoms with Crippen LogP contribution in [0.1, 0.15) is 62.4 Å². The first-order valence-electron chi connectivity index (χ1n) is 13.0. The molecule has 9 heteroatoms. The summed E-state index contributed by atoms with van der Waals surface area (Å²) in [5.74, 6) is 1.16. The molecule has 1 fully saturated rings. The molecule has 0 bridgehead atoms. The molecule has 1 aromatic heterocycles. The molecule has 200 valence electrons. The molecule has 1 amide bonds. The normalized spacial score (nSPS) is 16.2. The van der Waals surface area contributed by atoms with Crippen LogP contribution in [0.2, 0.25) is 0 Å². The molecule has 1 saturated heterocycles. The molecule has 2 aromatic carbocycles. The number of nitrogens with zero attached hydrogens (tertiary/aromatic N) is 2. The van der Waals surface area contributed by atoms with Crippen LogP contribution >= 0.6 is 0 Å². The summed E-state index contributed by atoms with van der Waals surface area (Å²) >= 11 is 0. The molecule has 1 N–H and O–H groups in total. The number of piperidine rings is 1. The zero-order valence-corrected chi connectivity index (χ0v) is 21.2. The lowest BCUT2D eigenvalue weighted by Gasteiger charge is -2.32. The number of nitrogens with one attached hydrogen (secondary N) is 1. The summed E-state index contributed by atoms with van der Waals surface area (Å²) in [4.78, 5) is 22.0. The number of aryl methyl sites for hydroxylation is 1. The van der Waals surface area contributed by atoms with E-state index in [0.717, 1.165) is 86.8 Å². The number of amides is 1. The highest BCUT2D eigenvalue weighted by molar-refractivity contribution is 5.78. The van der Waals surface area contributed by atoms with Crippen LogP contribution in [0.15, 0.2) is 42.5 Å². The highest BCUT2D eigenvalue weighted by Gasteiger charge is 2.30. The molecule has 1 aliphatic rings. The smallest absolute Gasteiger partial charge is 0.416 e. The van der Waals surface area contributed by atoms with Gasteiger partial charge in [0.05, 0.1) is 23.2 Å². The lowest BCUT2D eigenvalue weighted by atomic mass is 9.92. The Morgan fingerprint density at radius 2 is 2.03 bits per heavy atom. The summed E-state index contributed by atoms with van der Waals surface area (Å²) in [6.45, 7) is 4.11. The third-order valence-corrected chi connectivity index (χ3v) is 6.74. The van der Waals surface area contributed by atoms with Gasteiger partial charge < -0.3 is 19.4 Å². The van der Waals surface area contributed by atoms with Crippen LogP contribution in [-0.2, 0) is 23.9 Å². The second-order valence-electron chi connectivity index (χ2n) is 9.63. The molecule has 37 heavy (non-hydrogen) atoms. The fraction of sp³-hybridized carbons (Fsp3) is 0.500. The molecule has 0 radical (unpaired) electrons. The lowest BCUT2D eigenvalue weighted by Crippen LogP contribution is -2.40. The molecule has 0 spiro atoms. The third kappa shape index (κ3) is 7.40. The van der Waals surface area contributed by atoms with Crippen molar-refractivity contribution < 1.29 is 27.4 Å². The van der Waals surface area contributed by atoms with Gasteiger partial charge in [0.25, 0.3) is 0 Å². The number of unbranched alkanes of at least 4 members (excludes halogenated alkanes) is 1. The van der Waals surface area contributed by atoms with Crippen molar-refractivity contribution in [3.8, 4) is 5.75 Å². The van der Waals surface area contributed by atoms with Crippen LogP contribution < -0.4 is 4.74 Å². The molecular weight excluding hydrogens is 483 g/mol. The number of aromatic nitrogens is 2. The number of benzene rings is 2. The fourth-order valence-electron chi connectivity index (χ4n) is 4.77. The monoisotopic (exact) mass is 517 g/mol. The van der Waals surface area contributed by atoms with E-state index in [1.807, 2.05) is 17.0 Å². The predicted octanol–water partition coefficient (Wildman–Crippen LogP) is 7.13. The van der Waals surface area contributed by atoms with Gasteiger partial charge in [0.1, 0.15) is 18.2 Å².